The van der Waals surface area contributed by atoms with Gasteiger partial charge in [-0.1, -0.05) is 41.9 Å². The number of nitrogens with zero attached hydrogens (tertiary/aromatic N) is 2. The number of nitrogens with one attached hydrogen (secondary N) is 1. The van der Waals surface area contributed by atoms with Crippen LogP contribution < -0.4 is 10.2 Å². The molecule has 0 aliphatic carbocycles. The van der Waals surface area contributed by atoms with Crippen molar-refractivity contribution in [1.82, 2.24) is 10.2 Å². The third-order valence-corrected chi connectivity index (χ3v) is 4.91. The van der Waals surface area contributed by atoms with Crippen LogP contribution in [-0.2, 0) is 5.72 Å². The zero-order valence-electron chi connectivity index (χ0n) is 14.4. The molecule has 1 aliphatic rings. The van der Waals surface area contributed by atoms with Crippen molar-refractivity contribution >= 4 is 34.6 Å². The standard InChI is InChI=1S/C19H22ClN3OS/c1-22(2)11-6-12-23-17-10-9-15(20)13-16(17)19(24,21-18(23)25)14-7-4-3-5-8-14/h3-5,7-10,13,24H,6,11-12H2,1-2H3,(H,21,25). The first-order chi connectivity index (χ1) is 11.9. The van der Waals surface area contributed by atoms with Crippen molar-refractivity contribution in [1.29, 1.82) is 0 Å². The maximum absolute atomic E-state index is 11.4. The first-order valence-corrected chi connectivity index (χ1v) is 9.03. The van der Waals surface area contributed by atoms with Crippen molar-refractivity contribution in [2.24, 2.45) is 0 Å². The van der Waals surface area contributed by atoms with Gasteiger partial charge in [-0.15, -0.1) is 0 Å². The van der Waals surface area contributed by atoms with Crippen LogP contribution in [0, 0.1) is 0 Å². The van der Waals surface area contributed by atoms with E-state index in [0.717, 1.165) is 30.8 Å². The van der Waals surface area contributed by atoms with Crippen LogP contribution in [-0.4, -0.2) is 42.3 Å². The number of aliphatic hydroxyl groups is 1. The van der Waals surface area contributed by atoms with E-state index in [1.54, 1.807) is 6.07 Å². The summed E-state index contributed by atoms with van der Waals surface area (Å²) in [6, 6.07) is 15.0. The van der Waals surface area contributed by atoms with E-state index >= 15 is 0 Å². The fourth-order valence-corrected chi connectivity index (χ4v) is 3.62. The molecule has 1 aliphatic heterocycles. The number of anilines is 1. The Bertz CT molecular complexity index is 769. The Morgan fingerprint density at radius 1 is 1.20 bits per heavy atom. The van der Waals surface area contributed by atoms with Crippen LogP contribution in [0.25, 0.3) is 0 Å². The number of halogens is 1. The fraction of sp³-hybridized carbons (Fsp3) is 0.316. The van der Waals surface area contributed by atoms with E-state index in [0.29, 0.717) is 15.7 Å². The summed E-state index contributed by atoms with van der Waals surface area (Å²) in [5.74, 6) is 0. The topological polar surface area (TPSA) is 38.7 Å². The van der Waals surface area contributed by atoms with E-state index in [9.17, 15) is 5.11 Å². The van der Waals surface area contributed by atoms with Crippen molar-refractivity contribution in [3.05, 3.63) is 64.7 Å². The van der Waals surface area contributed by atoms with Gasteiger partial charge in [-0.25, -0.2) is 0 Å². The van der Waals surface area contributed by atoms with Crippen LogP contribution in [0.5, 0.6) is 0 Å². The van der Waals surface area contributed by atoms with Gasteiger partial charge >= 0.3 is 0 Å². The molecular formula is C19H22ClN3OS. The molecule has 0 spiro atoms. The molecule has 0 saturated carbocycles. The van der Waals surface area contributed by atoms with Gasteiger partial charge in [0.05, 0.1) is 5.69 Å². The third kappa shape index (κ3) is 3.65. The van der Waals surface area contributed by atoms with Crippen molar-refractivity contribution < 1.29 is 5.11 Å². The van der Waals surface area contributed by atoms with Gasteiger partial charge in [0.2, 0.25) is 0 Å². The van der Waals surface area contributed by atoms with Gasteiger partial charge in [-0.2, -0.15) is 0 Å². The highest BCUT2D eigenvalue weighted by atomic mass is 35.5. The monoisotopic (exact) mass is 375 g/mol. The van der Waals surface area contributed by atoms with E-state index in [-0.39, 0.29) is 0 Å². The Kier molecular flexibility index (Phi) is 5.29. The summed E-state index contributed by atoms with van der Waals surface area (Å²) in [4.78, 5) is 4.17. The van der Waals surface area contributed by atoms with Crippen LogP contribution in [0.4, 0.5) is 5.69 Å². The summed E-state index contributed by atoms with van der Waals surface area (Å²) in [5, 5.41) is 15.6. The molecule has 3 rings (SSSR count). The lowest BCUT2D eigenvalue weighted by Crippen LogP contribution is -2.57. The maximum Gasteiger partial charge on any atom is 0.192 e. The first kappa shape index (κ1) is 18.1. The van der Waals surface area contributed by atoms with E-state index in [2.05, 4.69) is 24.3 Å². The summed E-state index contributed by atoms with van der Waals surface area (Å²) in [7, 11) is 4.10. The SMILES string of the molecule is CN(C)CCCN1C(=S)NC(O)(c2ccccc2)c2cc(Cl)ccc21. The van der Waals surface area contributed by atoms with E-state index in [1.165, 1.54) is 0 Å². The van der Waals surface area contributed by atoms with E-state index in [1.807, 2.05) is 47.4 Å². The lowest BCUT2D eigenvalue weighted by Gasteiger charge is -2.43. The molecule has 4 nitrogen and oxygen atoms in total. The molecule has 0 bridgehead atoms. The Hall–Kier alpha value is -1.66. The van der Waals surface area contributed by atoms with E-state index in [4.69, 9.17) is 23.8 Å². The molecule has 0 fully saturated rings. The largest absolute Gasteiger partial charge is 0.363 e. The molecule has 0 aromatic heterocycles. The van der Waals surface area contributed by atoms with Gasteiger partial charge < -0.3 is 20.2 Å². The lowest BCUT2D eigenvalue weighted by molar-refractivity contribution is 0.0628. The average molecular weight is 376 g/mol. The van der Waals surface area contributed by atoms with Crippen LogP contribution in [0.3, 0.4) is 0 Å². The molecule has 0 amide bonds. The molecule has 1 unspecified atom stereocenters. The van der Waals surface area contributed by atoms with Gasteiger partial charge in [0.15, 0.2) is 10.8 Å². The van der Waals surface area contributed by atoms with Crippen LogP contribution >= 0.6 is 23.8 Å². The molecular weight excluding hydrogens is 354 g/mol. The van der Waals surface area contributed by atoms with Crippen molar-refractivity contribution in [2.45, 2.75) is 12.1 Å². The normalized spacial score (nSPS) is 19.7. The van der Waals surface area contributed by atoms with Crippen LogP contribution in [0.15, 0.2) is 48.5 Å². The molecule has 132 valence electrons. The Balaban J connectivity index is 2.02. The van der Waals surface area contributed by atoms with E-state index < -0.39 is 5.72 Å². The van der Waals surface area contributed by atoms with Gasteiger partial charge in [-0.3, -0.25) is 0 Å². The molecule has 6 heteroatoms. The summed E-state index contributed by atoms with van der Waals surface area (Å²) >= 11 is 11.8. The zero-order chi connectivity index (χ0) is 18.0. The molecule has 2 N–H and O–H groups in total. The fourth-order valence-electron chi connectivity index (χ4n) is 3.11. The Labute approximate surface area is 159 Å². The number of benzene rings is 2. The van der Waals surface area contributed by atoms with Crippen molar-refractivity contribution in [3.8, 4) is 0 Å². The second kappa shape index (κ2) is 7.30. The zero-order valence-corrected chi connectivity index (χ0v) is 15.9. The minimum absolute atomic E-state index is 0.514. The highest BCUT2D eigenvalue weighted by molar-refractivity contribution is 7.80. The minimum atomic E-state index is -1.39. The second-order valence-electron chi connectivity index (χ2n) is 6.48. The summed E-state index contributed by atoms with van der Waals surface area (Å²) in [6.07, 6.45) is 0.959. The molecule has 0 radical (unpaired) electrons. The highest BCUT2D eigenvalue weighted by Crippen LogP contribution is 2.39. The smallest absolute Gasteiger partial charge is 0.192 e. The average Bonchev–Trinajstić information content (AvgIpc) is 2.58. The van der Waals surface area contributed by atoms with Gasteiger partial charge in [0, 0.05) is 22.7 Å². The predicted octanol–water partition coefficient (Wildman–Crippen LogP) is 3.18. The molecule has 25 heavy (non-hydrogen) atoms. The van der Waals surface area contributed by atoms with Gasteiger partial charge in [0.25, 0.3) is 0 Å². The van der Waals surface area contributed by atoms with Gasteiger partial charge in [-0.05, 0) is 57.5 Å². The van der Waals surface area contributed by atoms with Gasteiger partial charge in [0.1, 0.15) is 0 Å². The molecule has 2 aromatic rings. The summed E-state index contributed by atoms with van der Waals surface area (Å²) in [6.45, 7) is 1.73. The maximum atomic E-state index is 11.4. The Morgan fingerprint density at radius 2 is 1.92 bits per heavy atom. The molecule has 1 atom stereocenters. The minimum Gasteiger partial charge on any atom is -0.363 e. The Morgan fingerprint density at radius 3 is 2.60 bits per heavy atom. The lowest BCUT2D eigenvalue weighted by atomic mass is 9.91. The summed E-state index contributed by atoms with van der Waals surface area (Å²) in [5.41, 5.74) is 0.938. The second-order valence-corrected chi connectivity index (χ2v) is 7.30. The number of fused-ring (bicyclic) bond motifs is 1. The van der Waals surface area contributed by atoms with Crippen molar-refractivity contribution in [2.75, 3.05) is 32.1 Å². The third-order valence-electron chi connectivity index (χ3n) is 4.35. The molecule has 2 aromatic carbocycles. The quantitative estimate of drug-likeness (QED) is 0.785. The summed E-state index contributed by atoms with van der Waals surface area (Å²) < 4.78 is 0. The van der Waals surface area contributed by atoms with Crippen LogP contribution in [0.1, 0.15) is 17.5 Å². The molecule has 1 heterocycles. The number of hydrogen-bond donors (Lipinski definition) is 2. The number of hydrogen-bond acceptors (Lipinski definition) is 3. The number of rotatable bonds is 5. The highest BCUT2D eigenvalue weighted by Gasteiger charge is 2.41. The molecule has 0 saturated heterocycles. The van der Waals surface area contributed by atoms with Crippen molar-refractivity contribution in [3.63, 3.8) is 0 Å². The first-order valence-electron chi connectivity index (χ1n) is 8.24. The predicted molar refractivity (Wildman–Crippen MR) is 107 cm³/mol. The van der Waals surface area contributed by atoms with Crippen LogP contribution in [0.2, 0.25) is 5.02 Å². The number of thiocarbonyl (C=S) groups is 1.